The number of anilines is 1. The molecule has 8 nitrogen and oxygen atoms in total. The number of nitrogens with one attached hydrogen (secondary N) is 1. The molecule has 0 heterocycles. The maximum absolute atomic E-state index is 14.1. The number of carbonyl (C=O) groups is 2. The third-order valence-electron chi connectivity index (χ3n) is 6.58. The molecule has 220 valence electrons. The van der Waals surface area contributed by atoms with E-state index in [-0.39, 0.29) is 23.0 Å². The molecule has 10 heteroatoms. The Kier molecular flexibility index (Phi) is 11.6. The molecule has 0 saturated carbocycles. The molecule has 2 amide bonds. The Labute approximate surface area is 248 Å². The summed E-state index contributed by atoms with van der Waals surface area (Å²) in [7, 11) is -4.24. The number of rotatable bonds is 14. The normalized spacial score (nSPS) is 11.9. The van der Waals surface area contributed by atoms with Gasteiger partial charge in [-0.25, -0.2) is 8.42 Å². The van der Waals surface area contributed by atoms with E-state index < -0.39 is 28.5 Å². The molecule has 0 saturated heterocycles. The molecule has 0 bridgehead atoms. The van der Waals surface area contributed by atoms with Crippen LogP contribution in [0.2, 0.25) is 5.02 Å². The predicted octanol–water partition coefficient (Wildman–Crippen LogP) is 5.58. The zero-order chi connectivity index (χ0) is 30.0. The fourth-order valence-corrected chi connectivity index (χ4v) is 5.75. The summed E-state index contributed by atoms with van der Waals surface area (Å²) in [5, 5.41) is 3.27. The lowest BCUT2D eigenvalue weighted by Gasteiger charge is -2.32. The molecule has 0 unspecified atom stereocenters. The van der Waals surface area contributed by atoms with E-state index in [9.17, 15) is 18.0 Å². The molecule has 41 heavy (non-hydrogen) atoms. The van der Waals surface area contributed by atoms with Gasteiger partial charge in [0, 0.05) is 18.1 Å². The summed E-state index contributed by atoms with van der Waals surface area (Å²) >= 11 is 6.02. The third kappa shape index (κ3) is 8.47. The van der Waals surface area contributed by atoms with Crippen LogP contribution in [0.5, 0.6) is 5.75 Å². The molecular weight excluding hydrogens is 562 g/mol. The number of unbranched alkanes of at least 4 members (excludes halogenated alkanes) is 1. The van der Waals surface area contributed by atoms with Crippen molar-refractivity contribution in [3.05, 3.63) is 88.9 Å². The third-order valence-corrected chi connectivity index (χ3v) is 8.61. The van der Waals surface area contributed by atoms with Crippen molar-refractivity contribution in [2.75, 3.05) is 24.0 Å². The Morgan fingerprint density at radius 1 is 0.976 bits per heavy atom. The molecule has 0 aliphatic rings. The van der Waals surface area contributed by atoms with Gasteiger partial charge in [0.15, 0.2) is 0 Å². The van der Waals surface area contributed by atoms with Crippen molar-refractivity contribution in [1.82, 2.24) is 10.2 Å². The Hall–Kier alpha value is -3.56. The van der Waals surface area contributed by atoms with E-state index in [1.54, 1.807) is 38.1 Å². The first-order valence-corrected chi connectivity index (χ1v) is 15.5. The maximum Gasteiger partial charge on any atom is 0.264 e. The maximum atomic E-state index is 14.1. The quantitative estimate of drug-likeness (QED) is 0.244. The van der Waals surface area contributed by atoms with E-state index >= 15 is 0 Å². The Morgan fingerprint density at radius 3 is 2.27 bits per heavy atom. The van der Waals surface area contributed by atoms with Crippen LogP contribution in [0.4, 0.5) is 5.69 Å². The van der Waals surface area contributed by atoms with Crippen LogP contribution >= 0.6 is 11.6 Å². The van der Waals surface area contributed by atoms with Gasteiger partial charge in [0.05, 0.1) is 17.2 Å². The van der Waals surface area contributed by atoms with E-state index in [0.29, 0.717) is 23.9 Å². The van der Waals surface area contributed by atoms with E-state index in [1.165, 1.54) is 29.2 Å². The van der Waals surface area contributed by atoms with Crippen LogP contribution in [0.25, 0.3) is 0 Å². The second kappa shape index (κ2) is 14.9. The van der Waals surface area contributed by atoms with Crippen molar-refractivity contribution in [1.29, 1.82) is 0 Å². The molecule has 0 aliphatic carbocycles. The monoisotopic (exact) mass is 599 g/mol. The Bertz CT molecular complexity index is 1410. The number of benzene rings is 3. The number of para-hydroxylation sites is 2. The summed E-state index contributed by atoms with van der Waals surface area (Å²) in [5.41, 5.74) is 2.09. The standard InChI is InChI=1S/C31H38ClN3O5S/c1-5-7-20-33-31(37)24(4)34(21-25-14-12-23(3)13-15-25)30(36)22-35(28-10-8-9-11-29(28)40-6-2)41(38,39)27-18-16-26(32)17-19-27/h8-19,24H,5-7,20-22H2,1-4H3,(H,33,37)/t24-/m1/s1. The Morgan fingerprint density at radius 2 is 1.63 bits per heavy atom. The Balaban J connectivity index is 2.04. The minimum Gasteiger partial charge on any atom is -0.492 e. The highest BCUT2D eigenvalue weighted by Crippen LogP contribution is 2.33. The molecule has 3 aromatic rings. The van der Waals surface area contributed by atoms with Gasteiger partial charge in [-0.05, 0) is 69.2 Å². The van der Waals surface area contributed by atoms with Crippen molar-refractivity contribution in [3.8, 4) is 5.75 Å². The molecule has 0 radical (unpaired) electrons. The number of carbonyl (C=O) groups excluding carboxylic acids is 2. The van der Waals surface area contributed by atoms with Crippen LogP contribution < -0.4 is 14.4 Å². The molecule has 0 spiro atoms. The zero-order valence-electron chi connectivity index (χ0n) is 24.0. The van der Waals surface area contributed by atoms with Gasteiger partial charge in [-0.1, -0.05) is 66.9 Å². The van der Waals surface area contributed by atoms with Gasteiger partial charge in [0.1, 0.15) is 18.3 Å². The second-order valence-corrected chi connectivity index (χ2v) is 12.0. The summed E-state index contributed by atoms with van der Waals surface area (Å²) in [6, 6.07) is 19.2. The number of hydrogen-bond donors (Lipinski definition) is 1. The zero-order valence-corrected chi connectivity index (χ0v) is 25.5. The van der Waals surface area contributed by atoms with Crippen molar-refractivity contribution < 1.29 is 22.7 Å². The van der Waals surface area contributed by atoms with Gasteiger partial charge >= 0.3 is 0 Å². The molecule has 1 N–H and O–H groups in total. The van der Waals surface area contributed by atoms with E-state index in [1.807, 2.05) is 38.1 Å². The van der Waals surface area contributed by atoms with E-state index in [2.05, 4.69) is 5.32 Å². The first-order chi connectivity index (χ1) is 19.6. The van der Waals surface area contributed by atoms with Crippen LogP contribution in [0.15, 0.2) is 77.7 Å². The SMILES string of the molecule is CCCCNC(=O)[C@@H](C)N(Cc1ccc(C)cc1)C(=O)CN(c1ccccc1OCC)S(=O)(=O)c1ccc(Cl)cc1. The highest BCUT2D eigenvalue weighted by atomic mass is 35.5. The fourth-order valence-electron chi connectivity index (χ4n) is 4.20. The number of hydrogen-bond acceptors (Lipinski definition) is 5. The van der Waals surface area contributed by atoms with E-state index in [0.717, 1.165) is 28.3 Å². The summed E-state index contributed by atoms with van der Waals surface area (Å²) in [6.07, 6.45) is 1.73. The average Bonchev–Trinajstić information content (AvgIpc) is 2.96. The van der Waals surface area contributed by atoms with Crippen LogP contribution in [-0.2, 0) is 26.2 Å². The molecule has 3 aromatic carbocycles. The summed E-state index contributed by atoms with van der Waals surface area (Å²) in [4.78, 5) is 28.5. The summed E-state index contributed by atoms with van der Waals surface area (Å²) in [6.45, 7) is 7.81. The molecule has 1 atom stereocenters. The summed E-state index contributed by atoms with van der Waals surface area (Å²) < 4.78 is 34.8. The van der Waals surface area contributed by atoms with Crippen molar-refractivity contribution in [2.45, 2.75) is 58.0 Å². The number of halogens is 1. The lowest BCUT2D eigenvalue weighted by atomic mass is 10.1. The van der Waals surface area contributed by atoms with Crippen LogP contribution in [0.3, 0.4) is 0 Å². The van der Waals surface area contributed by atoms with Gasteiger partial charge in [-0.2, -0.15) is 0 Å². The lowest BCUT2D eigenvalue weighted by Crippen LogP contribution is -2.51. The number of nitrogens with zero attached hydrogens (tertiary/aromatic N) is 2. The molecule has 3 rings (SSSR count). The number of aryl methyl sites for hydroxylation is 1. The average molecular weight is 600 g/mol. The van der Waals surface area contributed by atoms with Gasteiger partial charge in [0.25, 0.3) is 10.0 Å². The smallest absolute Gasteiger partial charge is 0.264 e. The van der Waals surface area contributed by atoms with E-state index in [4.69, 9.17) is 16.3 Å². The van der Waals surface area contributed by atoms with Crippen LogP contribution in [0, 0.1) is 6.92 Å². The largest absolute Gasteiger partial charge is 0.492 e. The van der Waals surface area contributed by atoms with Gasteiger partial charge in [0.2, 0.25) is 11.8 Å². The molecule has 0 aliphatic heterocycles. The lowest BCUT2D eigenvalue weighted by molar-refractivity contribution is -0.139. The summed E-state index contributed by atoms with van der Waals surface area (Å²) in [5.74, 6) is -0.524. The van der Waals surface area contributed by atoms with Crippen LogP contribution in [-0.4, -0.2) is 50.9 Å². The first kappa shape index (κ1) is 32.0. The predicted molar refractivity (Wildman–Crippen MR) is 163 cm³/mol. The highest BCUT2D eigenvalue weighted by molar-refractivity contribution is 7.92. The molecule has 0 fully saturated rings. The number of amides is 2. The second-order valence-electron chi connectivity index (χ2n) is 9.69. The van der Waals surface area contributed by atoms with Gasteiger partial charge < -0.3 is 15.0 Å². The van der Waals surface area contributed by atoms with Crippen LogP contribution in [0.1, 0.15) is 44.7 Å². The first-order valence-electron chi connectivity index (χ1n) is 13.7. The van der Waals surface area contributed by atoms with Gasteiger partial charge in [-0.15, -0.1) is 0 Å². The number of ether oxygens (including phenoxy) is 1. The number of sulfonamides is 1. The topological polar surface area (TPSA) is 96.0 Å². The minimum atomic E-state index is -4.24. The highest BCUT2D eigenvalue weighted by Gasteiger charge is 2.33. The molecular formula is C31H38ClN3O5S. The van der Waals surface area contributed by atoms with Gasteiger partial charge in [-0.3, -0.25) is 13.9 Å². The minimum absolute atomic E-state index is 0.0311. The van der Waals surface area contributed by atoms with Crippen molar-refractivity contribution in [2.24, 2.45) is 0 Å². The molecule has 0 aromatic heterocycles. The van der Waals surface area contributed by atoms with Crippen molar-refractivity contribution >= 4 is 39.1 Å². The fraction of sp³-hybridized carbons (Fsp3) is 0.355. The van der Waals surface area contributed by atoms with Crippen molar-refractivity contribution in [3.63, 3.8) is 0 Å².